The molecule has 0 atom stereocenters. The molecule has 5 radical (unpaired) electrons. The second-order valence-corrected chi connectivity index (χ2v) is 34.5. The molecule has 0 fully saturated rings. The van der Waals surface area contributed by atoms with Crippen molar-refractivity contribution in [3.63, 3.8) is 0 Å². The van der Waals surface area contributed by atoms with Gasteiger partial charge in [-0.25, -0.2) is 0 Å². The van der Waals surface area contributed by atoms with Crippen LogP contribution in [0.3, 0.4) is 0 Å². The second-order valence-electron chi connectivity index (χ2n) is 34.5. The van der Waals surface area contributed by atoms with E-state index in [1.54, 1.807) is 31.6 Å². The Morgan fingerprint density at radius 1 is 0.234 bits per heavy atom. The molecule has 0 amide bonds. The van der Waals surface area contributed by atoms with Gasteiger partial charge in [-0.05, 0) is 167 Å². The number of hydrogen-bond donors (Lipinski definition) is 0. The molecule has 0 bridgehead atoms. The van der Waals surface area contributed by atoms with Crippen LogP contribution in [0.1, 0.15) is 89.6 Å². The Labute approximate surface area is 885 Å². The smallest absolute Gasteiger partial charge is 0.127 e. The van der Waals surface area contributed by atoms with E-state index in [0.717, 1.165) is 185 Å². The minimum atomic E-state index is 0. The standard InChI is InChI=1S/C28H20N5.C24H20N5.C22H24N5.C19H18N5.C18H16N5.5Ir/c1-32-19-30-25-17-9-16-24(27(25)32)28-29-18-31-33(28)26-22(20-10-4-2-5-11-20)14-8-15-23(26)21-12-6-3-7-13-21;1-16-12-19(18-8-5-4-6-9-18)13-17(2)22(16)29-24(25-14-27-29)20-10-7-11-21-23(20)28(3)15-26-21;1-14(2)16-8-6-9-17(15(3)4)20(16)27-22(23-12-25-27)18-10-7-11-19-21(18)26(5)13-24-19;1-12-8-13(2)17(14(3)9-12)24-19(20-10-22-24)15-6-5-7-16-18(15)23(4)11-21-16;1-12-6-4-7-13(2)16(12)23-18(19-10-21-23)14-8-5-9-15-17(14)22(3)11-20-15;;;;;/h2-15,17-19H,1H3;4-9,11-15H,1-3H3;6-9,11-15H,1-5H3;5,7-11H,1-4H3;4-7,9-11H,1-3H3;;;;;/q5*-1;;;;;. The third-order valence-electron chi connectivity index (χ3n) is 24.5. The first-order valence-electron chi connectivity index (χ1n) is 45.0. The predicted molar refractivity (Wildman–Crippen MR) is 537 cm³/mol. The molecule has 141 heavy (non-hydrogen) atoms. The largest absolute Gasteiger partial charge is 0.373 e. The molecule has 0 aliphatic heterocycles. The van der Waals surface area contributed by atoms with Crippen LogP contribution in [-0.4, -0.2) is 122 Å². The quantitative estimate of drug-likeness (QED) is 0.0867. The molecule has 23 rings (SSSR count). The summed E-state index contributed by atoms with van der Waals surface area (Å²) in [6, 6.07) is 95.1. The van der Waals surface area contributed by atoms with Crippen molar-refractivity contribution >= 4 is 55.2 Å². The molecule has 0 aliphatic rings. The van der Waals surface area contributed by atoms with E-state index in [4.69, 9.17) is 5.10 Å². The summed E-state index contributed by atoms with van der Waals surface area (Å²) in [7, 11) is 9.93. The summed E-state index contributed by atoms with van der Waals surface area (Å²) >= 11 is 0. The number of aryl methyl sites for hydroxylation is 12. The van der Waals surface area contributed by atoms with Crippen molar-refractivity contribution in [1.29, 1.82) is 0 Å². The van der Waals surface area contributed by atoms with Crippen molar-refractivity contribution in [2.75, 3.05) is 0 Å². The average molecular weight is 2740 g/mol. The number of para-hydroxylation sites is 3. The Morgan fingerprint density at radius 3 is 0.773 bits per heavy atom. The maximum absolute atomic E-state index is 4.71. The van der Waals surface area contributed by atoms with Gasteiger partial charge in [-0.15, -0.1) is 91.0 Å². The summed E-state index contributed by atoms with van der Waals surface area (Å²) in [5, 5.41) is 22.9. The molecule has 0 aliphatic carbocycles. The van der Waals surface area contributed by atoms with Gasteiger partial charge in [0.05, 0.1) is 89.2 Å². The maximum Gasteiger partial charge on any atom is 0.127 e. The number of aromatic nitrogens is 25. The molecule has 13 aromatic carbocycles. The van der Waals surface area contributed by atoms with Gasteiger partial charge in [0.1, 0.15) is 31.6 Å². The van der Waals surface area contributed by atoms with Gasteiger partial charge in [0.15, 0.2) is 0 Å². The van der Waals surface area contributed by atoms with Crippen molar-refractivity contribution in [3.8, 4) is 119 Å². The Morgan fingerprint density at radius 2 is 0.482 bits per heavy atom. The molecule has 23 aromatic rings. The van der Waals surface area contributed by atoms with Gasteiger partial charge in [0, 0.05) is 174 Å². The van der Waals surface area contributed by atoms with Crippen LogP contribution >= 0.6 is 0 Å². The Hall–Kier alpha value is -13.8. The summed E-state index contributed by atoms with van der Waals surface area (Å²) in [4.78, 5) is 45.2. The van der Waals surface area contributed by atoms with Crippen molar-refractivity contribution in [1.82, 2.24) is 122 Å². The number of nitrogens with zero attached hydrogens (tertiary/aromatic N) is 25. The summed E-state index contributed by atoms with van der Waals surface area (Å²) < 4.78 is 19.6. The van der Waals surface area contributed by atoms with Gasteiger partial charge in [-0.3, -0.25) is 73.2 Å². The predicted octanol–water partition coefficient (Wildman–Crippen LogP) is 22.5. The third kappa shape index (κ3) is 20.3. The van der Waals surface area contributed by atoms with Gasteiger partial charge in [0.25, 0.3) is 0 Å². The number of hydrogen-bond acceptors (Lipinski definition) is 15. The normalized spacial score (nSPS) is 11.0. The molecule has 0 N–H and O–H groups in total. The summed E-state index contributed by atoms with van der Waals surface area (Å²) in [6.07, 6.45) is 17.1. The van der Waals surface area contributed by atoms with Gasteiger partial charge < -0.3 is 22.8 Å². The molecule has 10 heterocycles. The van der Waals surface area contributed by atoms with Crippen molar-refractivity contribution in [3.05, 3.63) is 374 Å². The number of rotatable bonds is 15. The van der Waals surface area contributed by atoms with Crippen LogP contribution < -0.4 is 0 Å². The summed E-state index contributed by atoms with van der Waals surface area (Å²) in [5.74, 6) is 4.59. The fourth-order valence-electron chi connectivity index (χ4n) is 18.4. The monoisotopic (exact) mass is 2750 g/mol. The molecule has 717 valence electrons. The average Bonchev–Trinajstić information content (AvgIpc) is 1.68. The second kappa shape index (κ2) is 44.7. The number of benzene rings is 13. The zero-order valence-corrected chi connectivity index (χ0v) is 92.2. The number of imidazole rings is 5. The Bertz CT molecular complexity index is 8160. The van der Waals surface area contributed by atoms with Gasteiger partial charge >= 0.3 is 0 Å². The van der Waals surface area contributed by atoms with Crippen LogP contribution in [0.25, 0.3) is 174 Å². The minimum absolute atomic E-state index is 0. The van der Waals surface area contributed by atoms with Crippen LogP contribution in [0.5, 0.6) is 0 Å². The van der Waals surface area contributed by atoms with E-state index >= 15 is 0 Å². The number of fused-ring (bicyclic) bond motifs is 5. The van der Waals surface area contributed by atoms with Crippen molar-refractivity contribution in [2.24, 2.45) is 35.2 Å². The van der Waals surface area contributed by atoms with Crippen LogP contribution in [0, 0.1) is 78.8 Å². The first kappa shape index (κ1) is 103. The SMILES string of the molecule is CC(C)c1cccc(C(C)C)c1-n1ncnc1-c1[c-]ccc2ncn(C)c12.Cc1cc(-c2ccccc2)cc(C)c1-n1ncnc1-c1[c-]ccc2ncn(C)c12.Cc1cc(C)c(-n2ncnc2-c2[c-]ccc3ncn(C)c23)c(C)c1.Cc1cccc(C)c1-n1ncnc1-c1[c-]ccc2ncn(C)c12.Cn1cnc2cc[c-]c(-c3ncnn3-c3c(-c4ccccc4)cccc3-c3ccccc3)c21.[Ir].[Ir].[Ir].[Ir].[Ir]. The Kier molecular flexibility index (Phi) is 32.7. The molecular formula is C111H98Ir5N25-5. The van der Waals surface area contributed by atoms with Crippen molar-refractivity contribution < 1.29 is 101 Å². The Balaban J connectivity index is 0.000000140. The maximum atomic E-state index is 4.71. The molecule has 10 aromatic heterocycles. The van der Waals surface area contributed by atoms with Gasteiger partial charge in [-0.2, -0.15) is 25.5 Å². The topological polar surface area (TPSA) is 243 Å². The molecule has 0 saturated carbocycles. The molecule has 0 saturated heterocycles. The molecule has 0 unspecified atom stereocenters. The van der Waals surface area contributed by atoms with Crippen LogP contribution in [0.15, 0.2) is 294 Å². The van der Waals surface area contributed by atoms with E-state index in [2.05, 4.69) is 328 Å². The van der Waals surface area contributed by atoms with Gasteiger partial charge in [-0.1, -0.05) is 219 Å². The fraction of sp³-hybridized carbons (Fsp3) is 0.162. The summed E-state index contributed by atoms with van der Waals surface area (Å²) in [6.45, 7) is 23.6. The van der Waals surface area contributed by atoms with E-state index < -0.39 is 0 Å². The van der Waals surface area contributed by atoms with Crippen LogP contribution in [0.2, 0.25) is 0 Å². The van der Waals surface area contributed by atoms with Crippen LogP contribution in [0.4, 0.5) is 0 Å². The first-order valence-corrected chi connectivity index (χ1v) is 45.0. The van der Waals surface area contributed by atoms with E-state index in [1.165, 1.54) is 38.9 Å². The van der Waals surface area contributed by atoms with E-state index in [1.807, 2.05) is 192 Å². The zero-order valence-electron chi connectivity index (χ0n) is 80.2. The fourth-order valence-corrected chi connectivity index (χ4v) is 18.4. The van der Waals surface area contributed by atoms with E-state index in [0.29, 0.717) is 11.8 Å². The van der Waals surface area contributed by atoms with Gasteiger partial charge in [0.2, 0.25) is 0 Å². The third-order valence-corrected chi connectivity index (χ3v) is 24.5. The van der Waals surface area contributed by atoms with Crippen molar-refractivity contribution in [2.45, 2.75) is 88.0 Å². The summed E-state index contributed by atoms with van der Waals surface area (Å²) in [5.41, 5.74) is 37.0. The molecule has 30 heteroatoms. The first-order chi connectivity index (χ1) is 66.2. The van der Waals surface area contributed by atoms with E-state index in [-0.39, 0.29) is 101 Å². The van der Waals surface area contributed by atoms with E-state index in [9.17, 15) is 0 Å². The molecular weight excluding hydrogens is 2640 g/mol. The van der Waals surface area contributed by atoms with Crippen LogP contribution in [-0.2, 0) is 136 Å². The molecule has 25 nitrogen and oxygen atoms in total. The zero-order chi connectivity index (χ0) is 94.1. The minimum Gasteiger partial charge on any atom is -0.373 e. The molecule has 0 spiro atoms.